The monoisotopic (exact) mass is 266 g/mol. The van der Waals surface area contributed by atoms with Crippen LogP contribution < -0.4 is 10.1 Å². The lowest BCUT2D eigenvalue weighted by molar-refractivity contribution is 0.156. The molecule has 0 spiro atoms. The minimum absolute atomic E-state index is 0.254. The molecule has 1 aromatic carbocycles. The number of nitrogens with one attached hydrogen (secondary N) is 1. The summed E-state index contributed by atoms with van der Waals surface area (Å²) in [6.45, 7) is 5.29. The molecule has 0 amide bonds. The molecule has 0 aliphatic heterocycles. The second kappa shape index (κ2) is 8.91. The highest BCUT2D eigenvalue weighted by atomic mass is 16.5. The third-order valence-electron chi connectivity index (χ3n) is 3.11. The van der Waals surface area contributed by atoms with Crippen molar-refractivity contribution in [2.24, 2.45) is 0 Å². The smallest absolute Gasteiger partial charge is 0.124 e. The maximum absolute atomic E-state index is 5.70. The number of likely N-dealkylation sites (N-methyl/N-ethyl adjacent to an activating group) is 2. The Morgan fingerprint density at radius 1 is 1.32 bits per heavy atom. The number of benzene rings is 1. The molecule has 0 aromatic heterocycles. The third-order valence-corrected chi connectivity index (χ3v) is 3.11. The van der Waals surface area contributed by atoms with Crippen molar-refractivity contribution < 1.29 is 9.47 Å². The lowest BCUT2D eigenvalue weighted by atomic mass is 10.1. The van der Waals surface area contributed by atoms with E-state index in [9.17, 15) is 0 Å². The minimum atomic E-state index is 0.254. The zero-order valence-corrected chi connectivity index (χ0v) is 12.5. The van der Waals surface area contributed by atoms with E-state index < -0.39 is 0 Å². The summed E-state index contributed by atoms with van der Waals surface area (Å²) in [5, 5.41) is 3.36. The van der Waals surface area contributed by atoms with E-state index in [0.29, 0.717) is 6.61 Å². The predicted octanol–water partition coefficient (Wildman–Crippen LogP) is 1.92. The summed E-state index contributed by atoms with van der Waals surface area (Å²) in [5.41, 5.74) is 1.20. The zero-order chi connectivity index (χ0) is 14.1. The first kappa shape index (κ1) is 16.0. The molecule has 0 radical (unpaired) electrons. The number of methoxy groups -OCH3 is 1. The van der Waals surface area contributed by atoms with Gasteiger partial charge in [-0.15, -0.1) is 0 Å². The Balaban J connectivity index is 2.73. The number of rotatable bonds is 9. The molecular weight excluding hydrogens is 240 g/mol. The summed E-state index contributed by atoms with van der Waals surface area (Å²) >= 11 is 0. The van der Waals surface area contributed by atoms with Gasteiger partial charge in [0.1, 0.15) is 5.75 Å². The molecule has 1 unspecified atom stereocenters. The summed E-state index contributed by atoms with van der Waals surface area (Å²) < 4.78 is 10.8. The van der Waals surface area contributed by atoms with E-state index in [0.717, 1.165) is 25.4 Å². The number of nitrogens with zero attached hydrogens (tertiary/aromatic N) is 1. The number of para-hydroxylation sites is 1. The van der Waals surface area contributed by atoms with E-state index in [4.69, 9.17) is 9.47 Å². The van der Waals surface area contributed by atoms with Crippen LogP contribution in [0.3, 0.4) is 0 Å². The van der Waals surface area contributed by atoms with Gasteiger partial charge in [-0.2, -0.15) is 0 Å². The molecule has 1 aromatic rings. The summed E-state index contributed by atoms with van der Waals surface area (Å²) in [7, 11) is 5.82. The van der Waals surface area contributed by atoms with E-state index >= 15 is 0 Å². The summed E-state index contributed by atoms with van der Waals surface area (Å²) in [6.07, 6.45) is 0. The van der Waals surface area contributed by atoms with Crippen LogP contribution in [-0.2, 0) is 4.74 Å². The molecule has 108 valence electrons. The molecular formula is C15H26N2O2. The van der Waals surface area contributed by atoms with Crippen LogP contribution in [0.25, 0.3) is 0 Å². The molecule has 19 heavy (non-hydrogen) atoms. The van der Waals surface area contributed by atoms with Crippen molar-refractivity contribution in [3.05, 3.63) is 29.8 Å². The molecule has 0 saturated heterocycles. The van der Waals surface area contributed by atoms with Crippen molar-refractivity contribution in [3.8, 4) is 5.75 Å². The van der Waals surface area contributed by atoms with E-state index in [1.807, 2.05) is 26.1 Å². The number of ether oxygens (including phenoxy) is 2. The highest BCUT2D eigenvalue weighted by molar-refractivity contribution is 5.36. The van der Waals surface area contributed by atoms with Crippen molar-refractivity contribution in [1.29, 1.82) is 0 Å². The van der Waals surface area contributed by atoms with Crippen LogP contribution in [0.15, 0.2) is 24.3 Å². The van der Waals surface area contributed by atoms with Crippen LogP contribution in [-0.4, -0.2) is 52.4 Å². The Kier molecular flexibility index (Phi) is 7.48. The second-order valence-corrected chi connectivity index (χ2v) is 4.57. The van der Waals surface area contributed by atoms with Gasteiger partial charge in [0.15, 0.2) is 0 Å². The van der Waals surface area contributed by atoms with E-state index in [2.05, 4.69) is 29.4 Å². The average molecular weight is 266 g/mol. The van der Waals surface area contributed by atoms with Crippen LogP contribution in [0.2, 0.25) is 0 Å². The maximum Gasteiger partial charge on any atom is 0.124 e. The lowest BCUT2D eigenvalue weighted by Gasteiger charge is -2.25. The van der Waals surface area contributed by atoms with Crippen LogP contribution in [0.4, 0.5) is 0 Å². The van der Waals surface area contributed by atoms with Gasteiger partial charge in [-0.1, -0.05) is 18.2 Å². The Hall–Kier alpha value is -1.10. The van der Waals surface area contributed by atoms with Gasteiger partial charge in [0.2, 0.25) is 0 Å². The van der Waals surface area contributed by atoms with E-state index in [1.165, 1.54) is 5.56 Å². The van der Waals surface area contributed by atoms with Gasteiger partial charge in [-0.3, -0.25) is 0 Å². The van der Waals surface area contributed by atoms with Gasteiger partial charge in [-0.05, 0) is 27.1 Å². The quantitative estimate of drug-likeness (QED) is 0.740. The largest absolute Gasteiger partial charge is 0.494 e. The molecule has 0 heterocycles. The third kappa shape index (κ3) is 5.19. The molecule has 0 fully saturated rings. The van der Waals surface area contributed by atoms with Gasteiger partial charge < -0.3 is 19.7 Å². The fourth-order valence-electron chi connectivity index (χ4n) is 2.05. The average Bonchev–Trinajstić information content (AvgIpc) is 2.43. The summed E-state index contributed by atoms with van der Waals surface area (Å²) in [5.74, 6) is 0.962. The molecule has 0 aliphatic rings. The molecule has 1 rings (SSSR count). The number of hydrogen-bond donors (Lipinski definition) is 1. The molecule has 0 saturated carbocycles. The fourth-order valence-corrected chi connectivity index (χ4v) is 2.05. The van der Waals surface area contributed by atoms with Gasteiger partial charge >= 0.3 is 0 Å². The first-order valence-corrected chi connectivity index (χ1v) is 6.79. The fraction of sp³-hybridized carbons (Fsp3) is 0.600. The molecule has 1 N–H and O–H groups in total. The Morgan fingerprint density at radius 3 is 2.68 bits per heavy atom. The van der Waals surface area contributed by atoms with Crippen LogP contribution in [0, 0.1) is 0 Å². The van der Waals surface area contributed by atoms with E-state index in [1.54, 1.807) is 7.11 Å². The lowest BCUT2D eigenvalue weighted by Crippen LogP contribution is -2.33. The van der Waals surface area contributed by atoms with Crippen molar-refractivity contribution in [2.75, 3.05) is 47.5 Å². The maximum atomic E-state index is 5.70. The van der Waals surface area contributed by atoms with Crippen molar-refractivity contribution >= 4 is 0 Å². The second-order valence-electron chi connectivity index (χ2n) is 4.57. The summed E-state index contributed by atoms with van der Waals surface area (Å²) in [6, 6.07) is 8.46. The first-order chi connectivity index (χ1) is 9.22. The molecule has 0 bridgehead atoms. The van der Waals surface area contributed by atoms with Crippen LogP contribution >= 0.6 is 0 Å². The first-order valence-electron chi connectivity index (χ1n) is 6.79. The van der Waals surface area contributed by atoms with Gasteiger partial charge in [0, 0.05) is 31.8 Å². The van der Waals surface area contributed by atoms with E-state index in [-0.39, 0.29) is 6.04 Å². The topological polar surface area (TPSA) is 33.7 Å². The van der Waals surface area contributed by atoms with Crippen molar-refractivity contribution in [3.63, 3.8) is 0 Å². The van der Waals surface area contributed by atoms with Crippen molar-refractivity contribution in [2.45, 2.75) is 13.0 Å². The highest BCUT2D eigenvalue weighted by Crippen LogP contribution is 2.25. The standard InChI is InChI=1S/C15H26N2O2/c1-5-19-15-9-7-6-8-13(15)14(16-2)12-17(3)10-11-18-4/h6-9,14,16H,5,10-12H2,1-4H3. The molecule has 4 nitrogen and oxygen atoms in total. The van der Waals surface area contributed by atoms with Gasteiger partial charge in [-0.25, -0.2) is 0 Å². The van der Waals surface area contributed by atoms with Crippen molar-refractivity contribution in [1.82, 2.24) is 10.2 Å². The minimum Gasteiger partial charge on any atom is -0.494 e. The van der Waals surface area contributed by atoms with Gasteiger partial charge in [0.25, 0.3) is 0 Å². The SMILES string of the molecule is CCOc1ccccc1C(CN(C)CCOC)NC. The Bertz CT molecular complexity index is 358. The molecule has 1 atom stereocenters. The Labute approximate surface area is 116 Å². The molecule has 4 heteroatoms. The normalized spacial score (nSPS) is 12.7. The van der Waals surface area contributed by atoms with Crippen LogP contribution in [0.1, 0.15) is 18.5 Å². The highest BCUT2D eigenvalue weighted by Gasteiger charge is 2.16. The summed E-state index contributed by atoms with van der Waals surface area (Å²) in [4.78, 5) is 2.26. The number of hydrogen-bond acceptors (Lipinski definition) is 4. The molecule has 0 aliphatic carbocycles. The predicted molar refractivity (Wildman–Crippen MR) is 78.8 cm³/mol. The Morgan fingerprint density at radius 2 is 2.05 bits per heavy atom. The van der Waals surface area contributed by atoms with Gasteiger partial charge in [0.05, 0.1) is 13.2 Å². The zero-order valence-electron chi connectivity index (χ0n) is 12.5. The van der Waals surface area contributed by atoms with Crippen LogP contribution in [0.5, 0.6) is 5.75 Å².